The van der Waals surface area contributed by atoms with Crippen molar-refractivity contribution in [3.05, 3.63) is 35.7 Å². The van der Waals surface area contributed by atoms with Crippen LogP contribution in [-0.2, 0) is 23.9 Å². The number of hydrogen-bond donors (Lipinski definition) is 0. The number of fused-ring (bicyclic) bond motifs is 1. The Morgan fingerprint density at radius 2 is 2.19 bits per heavy atom. The number of pyridine rings is 1. The molecule has 0 saturated carbocycles. The van der Waals surface area contributed by atoms with E-state index in [2.05, 4.69) is 20.2 Å². The number of rotatable bonds is 5. The van der Waals surface area contributed by atoms with Gasteiger partial charge in [0.25, 0.3) is 5.71 Å². The van der Waals surface area contributed by atoms with Gasteiger partial charge < -0.3 is 9.42 Å². The fraction of sp³-hybridized carbons (Fsp3) is 0.550. The third-order valence-corrected chi connectivity index (χ3v) is 5.66. The normalized spacial score (nSPS) is 18.5. The third-order valence-electron chi connectivity index (χ3n) is 5.66. The second kappa shape index (κ2) is 8.27. The average molecular weight is 436 g/mol. The van der Waals surface area contributed by atoms with Gasteiger partial charge in [0, 0.05) is 24.7 Å². The molecule has 3 aromatic rings. The number of piperidine rings is 1. The highest BCUT2D eigenvalue weighted by Crippen LogP contribution is 2.40. The standard InChI is InChI=1S/C20H23F3N6O2/c1-3-14-7-15(20(21,22)23)16-17(27-31-18(16)26-14)13-5-4-6-28(9-13)19(30)12(2)8-29-11-24-10-25-29/h7,10-13H,3-6,8-9H2,1-2H3/t12-,13+/m0/s1. The summed E-state index contributed by atoms with van der Waals surface area (Å²) in [6.45, 7) is 4.76. The van der Waals surface area contributed by atoms with E-state index in [4.69, 9.17) is 4.52 Å². The molecule has 1 fully saturated rings. The van der Waals surface area contributed by atoms with E-state index in [0.29, 0.717) is 38.0 Å². The number of amides is 1. The predicted octanol–water partition coefficient (Wildman–Crippen LogP) is 3.44. The van der Waals surface area contributed by atoms with Crippen molar-refractivity contribution >= 4 is 17.0 Å². The molecule has 4 rings (SSSR count). The zero-order chi connectivity index (χ0) is 22.2. The van der Waals surface area contributed by atoms with Crippen LogP contribution in [0.2, 0.25) is 0 Å². The van der Waals surface area contributed by atoms with Gasteiger partial charge in [0.15, 0.2) is 0 Å². The van der Waals surface area contributed by atoms with E-state index >= 15 is 0 Å². The van der Waals surface area contributed by atoms with E-state index in [0.717, 1.165) is 6.07 Å². The number of aryl methyl sites for hydroxylation is 1. The maximum atomic E-state index is 13.8. The number of carbonyl (C=O) groups excluding carboxylic acids is 1. The van der Waals surface area contributed by atoms with Crippen LogP contribution in [0.5, 0.6) is 0 Å². The number of aromatic nitrogens is 5. The highest BCUT2D eigenvalue weighted by Gasteiger charge is 2.38. The predicted molar refractivity (Wildman–Crippen MR) is 104 cm³/mol. The Kier molecular flexibility index (Phi) is 5.67. The summed E-state index contributed by atoms with van der Waals surface area (Å²) in [6, 6.07) is 1.06. The molecule has 3 aromatic heterocycles. The van der Waals surface area contributed by atoms with E-state index in [9.17, 15) is 18.0 Å². The molecule has 1 aliphatic rings. The number of likely N-dealkylation sites (tertiary alicyclic amines) is 1. The molecule has 0 aliphatic carbocycles. The Morgan fingerprint density at radius 1 is 1.39 bits per heavy atom. The van der Waals surface area contributed by atoms with E-state index in [-0.39, 0.29) is 41.1 Å². The van der Waals surface area contributed by atoms with E-state index < -0.39 is 11.7 Å². The Morgan fingerprint density at radius 3 is 2.87 bits per heavy atom. The molecule has 31 heavy (non-hydrogen) atoms. The summed E-state index contributed by atoms with van der Waals surface area (Å²) < 4.78 is 48.1. The molecule has 1 aliphatic heterocycles. The first kappa shape index (κ1) is 21.3. The van der Waals surface area contributed by atoms with Gasteiger partial charge in [-0.3, -0.25) is 9.48 Å². The summed E-state index contributed by atoms with van der Waals surface area (Å²) in [5, 5.41) is 7.89. The lowest BCUT2D eigenvalue weighted by molar-refractivity contribution is -0.137. The summed E-state index contributed by atoms with van der Waals surface area (Å²) in [6.07, 6.45) is 0.0330. The molecule has 2 atom stereocenters. The van der Waals surface area contributed by atoms with Gasteiger partial charge in [-0.1, -0.05) is 19.0 Å². The first-order chi connectivity index (χ1) is 14.8. The smallest absolute Gasteiger partial charge is 0.342 e. The van der Waals surface area contributed by atoms with Crippen LogP contribution in [0.4, 0.5) is 13.2 Å². The molecule has 0 spiro atoms. The summed E-state index contributed by atoms with van der Waals surface area (Å²) in [5.74, 6) is -0.766. The van der Waals surface area contributed by atoms with Gasteiger partial charge in [0.2, 0.25) is 5.91 Å². The van der Waals surface area contributed by atoms with Crippen molar-refractivity contribution in [1.29, 1.82) is 0 Å². The Bertz CT molecular complexity index is 1060. The average Bonchev–Trinajstić information content (AvgIpc) is 3.41. The number of nitrogens with zero attached hydrogens (tertiary/aromatic N) is 6. The second-order valence-electron chi connectivity index (χ2n) is 7.90. The van der Waals surface area contributed by atoms with Crippen molar-refractivity contribution in [1.82, 2.24) is 29.8 Å². The summed E-state index contributed by atoms with van der Waals surface area (Å²) in [5.41, 5.74) is -0.373. The van der Waals surface area contributed by atoms with Crippen LogP contribution >= 0.6 is 0 Å². The van der Waals surface area contributed by atoms with Gasteiger partial charge in [-0.25, -0.2) is 9.97 Å². The van der Waals surface area contributed by atoms with E-state index in [1.807, 2.05) is 0 Å². The van der Waals surface area contributed by atoms with Crippen molar-refractivity contribution in [3.8, 4) is 0 Å². The van der Waals surface area contributed by atoms with Crippen LogP contribution in [0.25, 0.3) is 11.1 Å². The van der Waals surface area contributed by atoms with Crippen molar-refractivity contribution in [2.75, 3.05) is 13.1 Å². The van der Waals surface area contributed by atoms with Gasteiger partial charge >= 0.3 is 6.18 Å². The monoisotopic (exact) mass is 436 g/mol. The van der Waals surface area contributed by atoms with Crippen LogP contribution in [0.3, 0.4) is 0 Å². The highest BCUT2D eigenvalue weighted by atomic mass is 19.4. The Balaban J connectivity index is 1.60. The minimum Gasteiger partial charge on any atom is -0.342 e. The van der Waals surface area contributed by atoms with Crippen molar-refractivity contribution in [3.63, 3.8) is 0 Å². The van der Waals surface area contributed by atoms with Crippen molar-refractivity contribution < 1.29 is 22.5 Å². The van der Waals surface area contributed by atoms with E-state index in [1.54, 1.807) is 29.8 Å². The molecule has 0 unspecified atom stereocenters. The lowest BCUT2D eigenvalue weighted by Gasteiger charge is -2.33. The molecule has 11 heteroatoms. The molecule has 0 aromatic carbocycles. The fourth-order valence-corrected chi connectivity index (χ4v) is 4.11. The molecular weight excluding hydrogens is 413 g/mol. The molecule has 0 N–H and O–H groups in total. The fourth-order valence-electron chi connectivity index (χ4n) is 4.11. The number of hydrogen-bond acceptors (Lipinski definition) is 6. The van der Waals surface area contributed by atoms with Crippen LogP contribution in [0.1, 0.15) is 49.6 Å². The minimum atomic E-state index is -4.55. The first-order valence-electron chi connectivity index (χ1n) is 10.3. The van der Waals surface area contributed by atoms with Crippen LogP contribution in [0, 0.1) is 5.92 Å². The van der Waals surface area contributed by atoms with Crippen molar-refractivity contribution in [2.45, 2.75) is 51.7 Å². The molecular formula is C20H23F3N6O2. The van der Waals surface area contributed by atoms with Gasteiger partial charge in [-0.05, 0) is 25.3 Å². The maximum Gasteiger partial charge on any atom is 0.417 e. The zero-order valence-electron chi connectivity index (χ0n) is 17.3. The van der Waals surface area contributed by atoms with Crippen molar-refractivity contribution in [2.24, 2.45) is 5.92 Å². The van der Waals surface area contributed by atoms with E-state index in [1.165, 1.54) is 6.33 Å². The lowest BCUT2D eigenvalue weighted by Crippen LogP contribution is -2.42. The van der Waals surface area contributed by atoms with Gasteiger partial charge in [-0.2, -0.15) is 18.3 Å². The minimum absolute atomic E-state index is 0.0737. The van der Waals surface area contributed by atoms with Crippen LogP contribution in [0.15, 0.2) is 23.2 Å². The molecule has 0 radical (unpaired) electrons. The molecule has 0 bridgehead atoms. The van der Waals surface area contributed by atoms with Gasteiger partial charge in [-0.15, -0.1) is 0 Å². The third kappa shape index (κ3) is 4.26. The molecule has 1 amide bonds. The quantitative estimate of drug-likeness (QED) is 0.609. The SMILES string of the molecule is CCc1cc(C(F)(F)F)c2c([C@@H]3CCCN(C(=O)[C@@H](C)Cn4cncn4)C3)noc2n1. The topological polar surface area (TPSA) is 89.9 Å². The maximum absolute atomic E-state index is 13.8. The summed E-state index contributed by atoms with van der Waals surface area (Å²) in [7, 11) is 0. The number of alkyl halides is 3. The molecule has 1 saturated heterocycles. The number of halogens is 3. The van der Waals surface area contributed by atoms with Gasteiger partial charge in [0.1, 0.15) is 12.7 Å². The Labute approximate surface area is 176 Å². The second-order valence-corrected chi connectivity index (χ2v) is 7.90. The Hall–Kier alpha value is -2.98. The molecule has 4 heterocycles. The van der Waals surface area contributed by atoms with Crippen LogP contribution < -0.4 is 0 Å². The largest absolute Gasteiger partial charge is 0.417 e. The highest BCUT2D eigenvalue weighted by molar-refractivity contribution is 5.82. The summed E-state index contributed by atoms with van der Waals surface area (Å²) in [4.78, 5) is 22.7. The lowest BCUT2D eigenvalue weighted by atomic mass is 9.91. The zero-order valence-corrected chi connectivity index (χ0v) is 17.3. The van der Waals surface area contributed by atoms with Gasteiger partial charge in [0.05, 0.1) is 29.1 Å². The molecule has 8 nitrogen and oxygen atoms in total. The summed E-state index contributed by atoms with van der Waals surface area (Å²) >= 11 is 0. The first-order valence-corrected chi connectivity index (χ1v) is 10.3. The van der Waals surface area contributed by atoms with Crippen LogP contribution in [-0.4, -0.2) is 48.8 Å². The number of carbonyl (C=O) groups is 1. The molecule has 166 valence electrons.